The maximum absolute atomic E-state index is 11.9. The molecule has 1 rings (SSSR count). The highest BCUT2D eigenvalue weighted by molar-refractivity contribution is 5.68. The predicted octanol–water partition coefficient (Wildman–Crippen LogP) is 1.74. The highest BCUT2D eigenvalue weighted by Gasteiger charge is 2.22. The Morgan fingerprint density at radius 2 is 2.06 bits per heavy atom. The van der Waals surface area contributed by atoms with E-state index in [0.29, 0.717) is 19.6 Å². The number of carbonyl (C=O) groups is 2. The Balaban J connectivity index is 2.50. The first-order chi connectivity index (χ1) is 8.38. The van der Waals surface area contributed by atoms with Crippen LogP contribution >= 0.6 is 0 Å². The predicted molar refractivity (Wildman–Crippen MR) is 66.4 cm³/mol. The lowest BCUT2D eigenvalue weighted by atomic mass is 10.2. The number of nitrogens with zero attached hydrogens (tertiary/aromatic N) is 1. The van der Waals surface area contributed by atoms with Crippen LogP contribution in [0.5, 0.6) is 0 Å². The van der Waals surface area contributed by atoms with E-state index in [1.54, 1.807) is 4.90 Å². The molecule has 1 fully saturated rings. The van der Waals surface area contributed by atoms with Gasteiger partial charge in [0.2, 0.25) is 0 Å². The Kier molecular flexibility index (Phi) is 5.25. The fourth-order valence-corrected chi connectivity index (χ4v) is 1.54. The molecule has 0 radical (unpaired) electrons. The van der Waals surface area contributed by atoms with Gasteiger partial charge < -0.3 is 19.7 Å². The van der Waals surface area contributed by atoms with Gasteiger partial charge in [-0.2, -0.15) is 0 Å². The quantitative estimate of drug-likeness (QED) is 0.718. The minimum Gasteiger partial charge on any atom is -0.448 e. The first-order valence-electron chi connectivity index (χ1n) is 6.27. The van der Waals surface area contributed by atoms with Crippen LogP contribution in [-0.4, -0.2) is 48.9 Å². The second-order valence-electron chi connectivity index (χ2n) is 5.24. The average Bonchev–Trinajstić information content (AvgIpc) is 2.24. The summed E-state index contributed by atoms with van der Waals surface area (Å²) in [5.74, 6) is 0. The van der Waals surface area contributed by atoms with Crippen LogP contribution in [0.2, 0.25) is 0 Å². The SMILES string of the molecule is CC(C)(C)OC(=O)N1CCCCNC(=O)OCC1. The molecule has 6 nitrogen and oxygen atoms in total. The molecular weight excluding hydrogens is 236 g/mol. The molecule has 6 heteroatoms. The van der Waals surface area contributed by atoms with Gasteiger partial charge in [-0.15, -0.1) is 0 Å². The smallest absolute Gasteiger partial charge is 0.410 e. The molecule has 1 N–H and O–H groups in total. The third-order valence-corrected chi connectivity index (χ3v) is 2.37. The van der Waals surface area contributed by atoms with Gasteiger partial charge >= 0.3 is 12.2 Å². The van der Waals surface area contributed by atoms with Crippen molar-refractivity contribution < 1.29 is 19.1 Å². The van der Waals surface area contributed by atoms with Crippen molar-refractivity contribution in [2.75, 3.05) is 26.2 Å². The summed E-state index contributed by atoms with van der Waals surface area (Å²) >= 11 is 0. The second-order valence-corrected chi connectivity index (χ2v) is 5.24. The molecule has 0 spiro atoms. The maximum Gasteiger partial charge on any atom is 0.410 e. The largest absolute Gasteiger partial charge is 0.448 e. The number of nitrogens with one attached hydrogen (secondary N) is 1. The molecule has 104 valence electrons. The molecule has 1 aliphatic rings. The summed E-state index contributed by atoms with van der Waals surface area (Å²) in [7, 11) is 0. The molecule has 1 saturated heterocycles. The molecule has 0 atom stereocenters. The van der Waals surface area contributed by atoms with E-state index < -0.39 is 11.7 Å². The number of hydrogen-bond donors (Lipinski definition) is 1. The van der Waals surface area contributed by atoms with Crippen molar-refractivity contribution in [3.63, 3.8) is 0 Å². The highest BCUT2D eigenvalue weighted by Crippen LogP contribution is 2.10. The summed E-state index contributed by atoms with van der Waals surface area (Å²) in [6, 6.07) is 0. The van der Waals surface area contributed by atoms with Crippen LogP contribution in [0.1, 0.15) is 33.6 Å². The average molecular weight is 258 g/mol. The molecule has 0 aromatic heterocycles. The van der Waals surface area contributed by atoms with E-state index in [0.717, 1.165) is 12.8 Å². The molecule has 18 heavy (non-hydrogen) atoms. The lowest BCUT2D eigenvalue weighted by Gasteiger charge is -2.27. The van der Waals surface area contributed by atoms with Gasteiger partial charge in [-0.25, -0.2) is 9.59 Å². The van der Waals surface area contributed by atoms with Crippen LogP contribution in [0, 0.1) is 0 Å². The van der Waals surface area contributed by atoms with Crippen molar-refractivity contribution in [3.8, 4) is 0 Å². The number of hydrogen-bond acceptors (Lipinski definition) is 4. The van der Waals surface area contributed by atoms with Gasteiger partial charge in [-0.1, -0.05) is 0 Å². The van der Waals surface area contributed by atoms with Gasteiger partial charge in [0.15, 0.2) is 0 Å². The van der Waals surface area contributed by atoms with E-state index in [-0.39, 0.29) is 12.7 Å². The van der Waals surface area contributed by atoms with Crippen LogP contribution in [-0.2, 0) is 9.47 Å². The van der Waals surface area contributed by atoms with Gasteiger partial charge in [-0.3, -0.25) is 0 Å². The van der Waals surface area contributed by atoms with E-state index in [1.807, 2.05) is 20.8 Å². The molecule has 0 unspecified atom stereocenters. The summed E-state index contributed by atoms with van der Waals surface area (Å²) < 4.78 is 10.2. The lowest BCUT2D eigenvalue weighted by molar-refractivity contribution is 0.0199. The van der Waals surface area contributed by atoms with Crippen molar-refractivity contribution >= 4 is 12.2 Å². The van der Waals surface area contributed by atoms with Crippen LogP contribution < -0.4 is 5.32 Å². The fourth-order valence-electron chi connectivity index (χ4n) is 1.54. The Labute approximate surface area is 108 Å². The van der Waals surface area contributed by atoms with Crippen molar-refractivity contribution in [1.82, 2.24) is 10.2 Å². The van der Waals surface area contributed by atoms with Crippen molar-refractivity contribution in [1.29, 1.82) is 0 Å². The normalized spacial score (nSPS) is 18.6. The lowest BCUT2D eigenvalue weighted by Crippen LogP contribution is -2.41. The zero-order valence-electron chi connectivity index (χ0n) is 11.3. The Bertz CT molecular complexity index is 299. The highest BCUT2D eigenvalue weighted by atomic mass is 16.6. The van der Waals surface area contributed by atoms with Crippen molar-refractivity contribution in [2.45, 2.75) is 39.2 Å². The molecule has 1 heterocycles. The molecule has 2 amide bonds. The van der Waals surface area contributed by atoms with Crippen LogP contribution in [0.3, 0.4) is 0 Å². The number of carbonyl (C=O) groups excluding carboxylic acids is 2. The molecule has 0 aromatic carbocycles. The Morgan fingerprint density at radius 1 is 1.33 bits per heavy atom. The number of alkyl carbamates (subject to hydrolysis) is 1. The minimum absolute atomic E-state index is 0.186. The zero-order valence-corrected chi connectivity index (χ0v) is 11.3. The summed E-state index contributed by atoms with van der Waals surface area (Å²) in [5, 5.41) is 2.64. The fraction of sp³-hybridized carbons (Fsp3) is 0.833. The first kappa shape index (κ1) is 14.6. The minimum atomic E-state index is -0.509. The molecule has 0 bridgehead atoms. The van der Waals surface area contributed by atoms with Gasteiger partial charge in [0.1, 0.15) is 12.2 Å². The van der Waals surface area contributed by atoms with E-state index in [4.69, 9.17) is 9.47 Å². The molecular formula is C12H22N2O4. The summed E-state index contributed by atoms with van der Waals surface area (Å²) in [6.07, 6.45) is 0.863. The summed E-state index contributed by atoms with van der Waals surface area (Å²) in [5.41, 5.74) is -0.509. The van der Waals surface area contributed by atoms with E-state index in [9.17, 15) is 9.59 Å². The molecule has 1 aliphatic heterocycles. The molecule has 0 saturated carbocycles. The molecule has 0 aliphatic carbocycles. The van der Waals surface area contributed by atoms with E-state index in [2.05, 4.69) is 5.32 Å². The van der Waals surface area contributed by atoms with Crippen LogP contribution in [0.4, 0.5) is 9.59 Å². The Morgan fingerprint density at radius 3 is 2.72 bits per heavy atom. The third-order valence-electron chi connectivity index (χ3n) is 2.37. The number of rotatable bonds is 0. The van der Waals surface area contributed by atoms with E-state index in [1.165, 1.54) is 0 Å². The zero-order chi connectivity index (χ0) is 13.6. The second kappa shape index (κ2) is 6.47. The first-order valence-corrected chi connectivity index (χ1v) is 6.27. The van der Waals surface area contributed by atoms with Crippen LogP contribution in [0.15, 0.2) is 0 Å². The van der Waals surface area contributed by atoms with Gasteiger partial charge in [-0.05, 0) is 33.6 Å². The summed E-state index contributed by atoms with van der Waals surface area (Å²) in [6.45, 7) is 7.23. The third kappa shape index (κ3) is 5.75. The number of cyclic esters (lactones) is 1. The van der Waals surface area contributed by atoms with E-state index >= 15 is 0 Å². The van der Waals surface area contributed by atoms with Crippen LogP contribution in [0.25, 0.3) is 0 Å². The van der Waals surface area contributed by atoms with Gasteiger partial charge in [0, 0.05) is 13.1 Å². The van der Waals surface area contributed by atoms with Crippen molar-refractivity contribution in [2.24, 2.45) is 0 Å². The standard InChI is InChI=1S/C12H22N2O4/c1-12(2,3)18-11(16)14-7-5-4-6-13-10(15)17-9-8-14/h4-9H2,1-3H3,(H,13,15). The maximum atomic E-state index is 11.9. The topological polar surface area (TPSA) is 67.9 Å². The van der Waals surface area contributed by atoms with Gasteiger partial charge in [0.25, 0.3) is 0 Å². The number of amides is 2. The Hall–Kier alpha value is -1.46. The molecule has 0 aromatic rings. The number of ether oxygens (including phenoxy) is 2. The summed E-state index contributed by atoms with van der Waals surface area (Å²) in [4.78, 5) is 24.6. The van der Waals surface area contributed by atoms with Crippen molar-refractivity contribution in [3.05, 3.63) is 0 Å². The van der Waals surface area contributed by atoms with Gasteiger partial charge in [0.05, 0.1) is 6.54 Å². The monoisotopic (exact) mass is 258 g/mol.